The molecule has 11 rings (SSSR count). The molecule has 0 aliphatic rings. The molecule has 63 heavy (non-hydrogen) atoms. The van der Waals surface area contributed by atoms with Gasteiger partial charge in [0.2, 0.25) is 0 Å². The van der Waals surface area contributed by atoms with Crippen LogP contribution in [0.2, 0.25) is 0 Å². The monoisotopic (exact) mass is 801 g/mol. The SMILES string of the molecule is c1ccc(-c2ccccc2-c2ccccc2-c2ccc(N(c3ccc(-c4ccc(-c5cccc6ccccc56)cc4)cc3)c3cccc(-c4ccc5ccccc5c4)c3)cc2)cc1. The number of benzene rings is 11. The van der Waals surface area contributed by atoms with Gasteiger partial charge in [0.1, 0.15) is 0 Å². The normalized spacial score (nSPS) is 11.2. The topological polar surface area (TPSA) is 3.24 Å². The Kier molecular flexibility index (Phi) is 9.97. The van der Waals surface area contributed by atoms with Crippen molar-refractivity contribution in [2.45, 2.75) is 0 Å². The highest BCUT2D eigenvalue weighted by molar-refractivity contribution is 5.97. The zero-order valence-electron chi connectivity index (χ0n) is 34.8. The Morgan fingerprint density at radius 2 is 0.603 bits per heavy atom. The highest BCUT2D eigenvalue weighted by Gasteiger charge is 2.17. The van der Waals surface area contributed by atoms with E-state index in [9.17, 15) is 0 Å². The van der Waals surface area contributed by atoms with Gasteiger partial charge in [-0.3, -0.25) is 0 Å². The second-order valence-corrected chi connectivity index (χ2v) is 16.1. The number of rotatable bonds is 9. The summed E-state index contributed by atoms with van der Waals surface area (Å²) in [7, 11) is 0. The van der Waals surface area contributed by atoms with Crippen molar-refractivity contribution in [1.29, 1.82) is 0 Å². The van der Waals surface area contributed by atoms with Gasteiger partial charge in [0, 0.05) is 17.1 Å². The van der Waals surface area contributed by atoms with Crippen LogP contribution in [-0.2, 0) is 0 Å². The molecule has 0 spiro atoms. The van der Waals surface area contributed by atoms with Crippen molar-refractivity contribution in [1.82, 2.24) is 0 Å². The van der Waals surface area contributed by atoms with Crippen molar-refractivity contribution in [2.75, 3.05) is 4.90 Å². The van der Waals surface area contributed by atoms with Crippen LogP contribution in [0.15, 0.2) is 261 Å². The van der Waals surface area contributed by atoms with E-state index in [-0.39, 0.29) is 0 Å². The first kappa shape index (κ1) is 37.7. The van der Waals surface area contributed by atoms with E-state index in [2.05, 4.69) is 266 Å². The molecular formula is C62H43N. The molecule has 0 unspecified atom stereocenters. The molecule has 0 amide bonds. The van der Waals surface area contributed by atoms with E-state index in [1.54, 1.807) is 0 Å². The predicted octanol–water partition coefficient (Wildman–Crippen LogP) is 17.5. The van der Waals surface area contributed by atoms with Gasteiger partial charge in [0.25, 0.3) is 0 Å². The molecule has 1 heteroatoms. The summed E-state index contributed by atoms with van der Waals surface area (Å²) in [6.45, 7) is 0. The lowest BCUT2D eigenvalue weighted by Gasteiger charge is -2.26. The first-order valence-electron chi connectivity index (χ1n) is 21.7. The summed E-state index contributed by atoms with van der Waals surface area (Å²) in [5, 5.41) is 5.01. The molecule has 0 aliphatic heterocycles. The summed E-state index contributed by atoms with van der Waals surface area (Å²) in [5.74, 6) is 0. The van der Waals surface area contributed by atoms with Gasteiger partial charge in [-0.15, -0.1) is 0 Å². The summed E-state index contributed by atoms with van der Waals surface area (Å²) >= 11 is 0. The molecule has 11 aromatic carbocycles. The minimum absolute atomic E-state index is 1.09. The number of hydrogen-bond donors (Lipinski definition) is 0. The number of anilines is 3. The minimum Gasteiger partial charge on any atom is -0.310 e. The average molecular weight is 802 g/mol. The van der Waals surface area contributed by atoms with Crippen molar-refractivity contribution >= 4 is 38.6 Å². The maximum Gasteiger partial charge on any atom is 0.0467 e. The van der Waals surface area contributed by atoms with Gasteiger partial charge in [-0.2, -0.15) is 0 Å². The number of fused-ring (bicyclic) bond motifs is 2. The molecular weight excluding hydrogens is 759 g/mol. The van der Waals surface area contributed by atoms with E-state index in [0.29, 0.717) is 0 Å². The molecule has 0 aromatic heterocycles. The molecule has 0 N–H and O–H groups in total. The molecule has 0 heterocycles. The Morgan fingerprint density at radius 3 is 1.29 bits per heavy atom. The maximum absolute atomic E-state index is 2.37. The van der Waals surface area contributed by atoms with Gasteiger partial charge in [-0.1, -0.05) is 218 Å². The van der Waals surface area contributed by atoms with Crippen LogP contribution in [0.25, 0.3) is 88.3 Å². The summed E-state index contributed by atoms with van der Waals surface area (Å²) in [6, 6.07) is 94.6. The second kappa shape index (κ2) is 16.7. The van der Waals surface area contributed by atoms with Crippen LogP contribution in [-0.4, -0.2) is 0 Å². The Bertz CT molecular complexity index is 3360. The van der Waals surface area contributed by atoms with Crippen LogP contribution >= 0.6 is 0 Å². The minimum atomic E-state index is 1.09. The van der Waals surface area contributed by atoms with Crippen LogP contribution in [0.3, 0.4) is 0 Å². The first-order chi connectivity index (χ1) is 31.2. The lowest BCUT2D eigenvalue weighted by Crippen LogP contribution is -2.10. The van der Waals surface area contributed by atoms with Crippen LogP contribution in [0.5, 0.6) is 0 Å². The van der Waals surface area contributed by atoms with E-state index in [1.807, 2.05) is 0 Å². The average Bonchev–Trinajstić information content (AvgIpc) is 3.37. The van der Waals surface area contributed by atoms with Crippen molar-refractivity contribution < 1.29 is 0 Å². The van der Waals surface area contributed by atoms with Crippen molar-refractivity contribution in [3.8, 4) is 66.8 Å². The predicted molar refractivity (Wildman–Crippen MR) is 269 cm³/mol. The first-order valence-corrected chi connectivity index (χ1v) is 21.7. The highest BCUT2D eigenvalue weighted by Crippen LogP contribution is 2.42. The number of nitrogens with zero attached hydrogens (tertiary/aromatic N) is 1. The molecule has 0 saturated carbocycles. The molecule has 0 fully saturated rings. The lowest BCUT2D eigenvalue weighted by atomic mass is 9.89. The molecule has 0 radical (unpaired) electrons. The van der Waals surface area contributed by atoms with E-state index in [4.69, 9.17) is 0 Å². The van der Waals surface area contributed by atoms with Gasteiger partial charge < -0.3 is 4.90 Å². The molecule has 0 saturated heterocycles. The van der Waals surface area contributed by atoms with Gasteiger partial charge >= 0.3 is 0 Å². The molecule has 0 aliphatic carbocycles. The lowest BCUT2D eigenvalue weighted by molar-refractivity contribution is 1.28. The fourth-order valence-corrected chi connectivity index (χ4v) is 9.11. The van der Waals surface area contributed by atoms with Crippen LogP contribution in [0, 0.1) is 0 Å². The largest absolute Gasteiger partial charge is 0.310 e. The summed E-state index contributed by atoms with van der Waals surface area (Å²) in [6.07, 6.45) is 0. The zero-order valence-corrected chi connectivity index (χ0v) is 34.8. The van der Waals surface area contributed by atoms with Crippen molar-refractivity contribution in [3.05, 3.63) is 261 Å². The third-order valence-corrected chi connectivity index (χ3v) is 12.3. The van der Waals surface area contributed by atoms with Gasteiger partial charge in [-0.25, -0.2) is 0 Å². The third-order valence-electron chi connectivity index (χ3n) is 12.3. The smallest absolute Gasteiger partial charge is 0.0467 e. The van der Waals surface area contributed by atoms with Gasteiger partial charge in [0.15, 0.2) is 0 Å². The fourth-order valence-electron chi connectivity index (χ4n) is 9.11. The van der Waals surface area contributed by atoms with E-state index < -0.39 is 0 Å². The molecule has 0 bridgehead atoms. The van der Waals surface area contributed by atoms with E-state index in [0.717, 1.165) is 17.1 Å². The van der Waals surface area contributed by atoms with Crippen LogP contribution < -0.4 is 4.90 Å². The highest BCUT2D eigenvalue weighted by atomic mass is 15.1. The Balaban J connectivity index is 0.964. The Labute approximate surface area is 369 Å². The molecule has 1 nitrogen and oxygen atoms in total. The van der Waals surface area contributed by atoms with Crippen LogP contribution in [0.4, 0.5) is 17.1 Å². The van der Waals surface area contributed by atoms with E-state index >= 15 is 0 Å². The Hall–Kier alpha value is -8.26. The second-order valence-electron chi connectivity index (χ2n) is 16.1. The molecule has 0 atom stereocenters. The van der Waals surface area contributed by atoms with Crippen molar-refractivity contribution in [3.63, 3.8) is 0 Å². The third kappa shape index (κ3) is 7.47. The fraction of sp³-hybridized carbons (Fsp3) is 0. The summed E-state index contributed by atoms with van der Waals surface area (Å²) < 4.78 is 0. The maximum atomic E-state index is 2.37. The molecule has 296 valence electrons. The van der Waals surface area contributed by atoms with Gasteiger partial charge in [-0.05, 0) is 131 Å². The Morgan fingerprint density at radius 1 is 0.190 bits per heavy atom. The molecule has 11 aromatic rings. The quantitative estimate of drug-likeness (QED) is 0.141. The summed E-state index contributed by atoms with van der Waals surface area (Å²) in [4.78, 5) is 2.37. The van der Waals surface area contributed by atoms with Crippen LogP contribution in [0.1, 0.15) is 0 Å². The van der Waals surface area contributed by atoms with Gasteiger partial charge in [0.05, 0.1) is 0 Å². The number of hydrogen-bond acceptors (Lipinski definition) is 1. The van der Waals surface area contributed by atoms with E-state index in [1.165, 1.54) is 88.3 Å². The van der Waals surface area contributed by atoms with Crippen molar-refractivity contribution in [2.24, 2.45) is 0 Å². The zero-order chi connectivity index (χ0) is 42.0. The summed E-state index contributed by atoms with van der Waals surface area (Å²) in [5.41, 5.74) is 17.7. The standard InChI is InChI=1S/C62H43N/c1-2-15-47(16-3-1)59-23-8-10-25-61(59)62-26-11-9-24-60(62)50-36-40-55(41-37-50)63(56-21-12-20-52(43-56)53-33-30-44-14-4-5-18-51(44)42-53)54-38-34-46(35-39-54)45-28-31-49(32-29-45)58-27-13-19-48-17-6-7-22-57(48)58/h1-43H.